The van der Waals surface area contributed by atoms with E-state index in [1.807, 2.05) is 19.1 Å². The van der Waals surface area contributed by atoms with Crippen LogP contribution in [0.4, 0.5) is 5.69 Å². The molecule has 0 unspecified atom stereocenters. The van der Waals surface area contributed by atoms with E-state index < -0.39 is 5.97 Å². The Balaban J connectivity index is 2.93. The van der Waals surface area contributed by atoms with Gasteiger partial charge in [-0.1, -0.05) is 17.7 Å². The van der Waals surface area contributed by atoms with E-state index in [9.17, 15) is 4.79 Å². The van der Waals surface area contributed by atoms with E-state index >= 15 is 0 Å². The van der Waals surface area contributed by atoms with Crippen LogP contribution in [0.25, 0.3) is 0 Å². The molecule has 1 aromatic rings. The van der Waals surface area contributed by atoms with Crippen LogP contribution >= 0.6 is 11.6 Å². The molecule has 1 aromatic carbocycles. The van der Waals surface area contributed by atoms with Crippen molar-refractivity contribution in [3.63, 3.8) is 0 Å². The lowest BCUT2D eigenvalue weighted by Gasteiger charge is -2.23. The molecular formula is C12H13ClN2O2. The van der Waals surface area contributed by atoms with Crippen LogP contribution in [0.3, 0.4) is 0 Å². The summed E-state index contributed by atoms with van der Waals surface area (Å²) in [7, 11) is 0. The monoisotopic (exact) mass is 252 g/mol. The summed E-state index contributed by atoms with van der Waals surface area (Å²) in [6, 6.07) is 7.41. The number of rotatable bonds is 5. The van der Waals surface area contributed by atoms with Crippen molar-refractivity contribution in [2.45, 2.75) is 13.3 Å². The average Bonchev–Trinajstić information content (AvgIpc) is 2.28. The Morgan fingerprint density at radius 2 is 2.29 bits per heavy atom. The van der Waals surface area contributed by atoms with Gasteiger partial charge in [0.05, 0.1) is 12.5 Å². The van der Waals surface area contributed by atoms with Crippen LogP contribution in [-0.4, -0.2) is 24.2 Å². The minimum atomic E-state index is -0.882. The van der Waals surface area contributed by atoms with E-state index in [0.29, 0.717) is 11.6 Å². The number of hydrogen-bond acceptors (Lipinski definition) is 3. The average molecular weight is 253 g/mol. The SMILES string of the molecule is Cc1c(Cl)cccc1N(CC#N)CCC(=O)O. The van der Waals surface area contributed by atoms with Gasteiger partial charge in [-0.05, 0) is 24.6 Å². The fourth-order valence-corrected chi connectivity index (χ4v) is 1.71. The third-order valence-electron chi connectivity index (χ3n) is 2.44. The van der Waals surface area contributed by atoms with Crippen molar-refractivity contribution < 1.29 is 9.90 Å². The Morgan fingerprint density at radius 1 is 1.59 bits per heavy atom. The number of hydrogen-bond donors (Lipinski definition) is 1. The molecule has 4 nitrogen and oxygen atoms in total. The maximum atomic E-state index is 10.6. The molecule has 0 bridgehead atoms. The highest BCUT2D eigenvalue weighted by Crippen LogP contribution is 2.26. The van der Waals surface area contributed by atoms with Gasteiger partial charge in [-0.25, -0.2) is 0 Å². The molecule has 1 N–H and O–H groups in total. The van der Waals surface area contributed by atoms with Gasteiger partial charge in [-0.15, -0.1) is 0 Å². The summed E-state index contributed by atoms with van der Waals surface area (Å²) in [6.45, 7) is 2.29. The quantitative estimate of drug-likeness (QED) is 0.818. The van der Waals surface area contributed by atoms with E-state index in [4.69, 9.17) is 22.0 Å². The lowest BCUT2D eigenvalue weighted by molar-refractivity contribution is -0.136. The van der Waals surface area contributed by atoms with Crippen LogP contribution in [0.1, 0.15) is 12.0 Å². The Morgan fingerprint density at radius 3 is 2.88 bits per heavy atom. The molecule has 17 heavy (non-hydrogen) atoms. The van der Waals surface area contributed by atoms with Crippen molar-refractivity contribution in [3.05, 3.63) is 28.8 Å². The number of anilines is 1. The predicted octanol–water partition coefficient (Wildman–Crippen LogP) is 2.45. The van der Waals surface area contributed by atoms with E-state index in [-0.39, 0.29) is 13.0 Å². The number of aliphatic carboxylic acids is 1. The molecule has 0 heterocycles. The zero-order valence-corrected chi connectivity index (χ0v) is 10.2. The largest absolute Gasteiger partial charge is 0.481 e. The number of nitriles is 1. The lowest BCUT2D eigenvalue weighted by Crippen LogP contribution is -2.27. The van der Waals surface area contributed by atoms with Gasteiger partial charge in [0.2, 0.25) is 0 Å². The van der Waals surface area contributed by atoms with Crippen molar-refractivity contribution in [1.29, 1.82) is 5.26 Å². The highest BCUT2D eigenvalue weighted by molar-refractivity contribution is 6.31. The molecule has 0 spiro atoms. The molecule has 0 saturated heterocycles. The Labute approximate surface area is 105 Å². The molecule has 0 saturated carbocycles. The predicted molar refractivity (Wildman–Crippen MR) is 66.3 cm³/mol. The highest BCUT2D eigenvalue weighted by Gasteiger charge is 2.12. The molecule has 0 radical (unpaired) electrons. The minimum absolute atomic E-state index is 0.00632. The standard InChI is InChI=1S/C12H13ClN2O2/c1-9-10(13)3-2-4-11(9)15(8-6-14)7-5-12(16)17/h2-4H,5,7-8H2,1H3,(H,16,17). The molecule has 1 rings (SSSR count). The van der Waals surface area contributed by atoms with E-state index in [1.165, 1.54) is 0 Å². The molecule has 0 aliphatic heterocycles. The maximum absolute atomic E-state index is 10.6. The Bertz CT molecular complexity index is 454. The second-order valence-corrected chi connectivity index (χ2v) is 4.01. The van der Waals surface area contributed by atoms with Crippen LogP contribution in [0, 0.1) is 18.3 Å². The van der Waals surface area contributed by atoms with E-state index in [1.54, 1.807) is 17.0 Å². The summed E-state index contributed by atoms with van der Waals surface area (Å²) in [5.41, 5.74) is 1.66. The van der Waals surface area contributed by atoms with Crippen LogP contribution in [0.2, 0.25) is 5.02 Å². The fourth-order valence-electron chi connectivity index (χ4n) is 1.54. The molecule has 90 valence electrons. The minimum Gasteiger partial charge on any atom is -0.481 e. The van der Waals surface area contributed by atoms with Crippen LogP contribution in [0.15, 0.2) is 18.2 Å². The zero-order valence-electron chi connectivity index (χ0n) is 9.48. The molecule has 0 aliphatic carbocycles. The van der Waals surface area contributed by atoms with Crippen LogP contribution in [-0.2, 0) is 4.79 Å². The first-order chi connectivity index (χ1) is 8.06. The van der Waals surface area contributed by atoms with Gasteiger partial charge in [0.15, 0.2) is 0 Å². The Kier molecular flexibility index (Phi) is 4.80. The highest BCUT2D eigenvalue weighted by atomic mass is 35.5. The molecule has 0 atom stereocenters. The summed E-state index contributed by atoms with van der Waals surface area (Å²) >= 11 is 5.99. The number of benzene rings is 1. The third kappa shape index (κ3) is 3.65. The maximum Gasteiger partial charge on any atom is 0.305 e. The summed E-state index contributed by atoms with van der Waals surface area (Å²) < 4.78 is 0. The lowest BCUT2D eigenvalue weighted by atomic mass is 10.1. The number of carbonyl (C=O) groups is 1. The normalized spacial score (nSPS) is 9.71. The second-order valence-electron chi connectivity index (χ2n) is 3.61. The van der Waals surface area contributed by atoms with Gasteiger partial charge in [0, 0.05) is 17.3 Å². The number of carboxylic acid groups (broad SMARTS) is 1. The van der Waals surface area contributed by atoms with Crippen molar-refractivity contribution in [3.8, 4) is 6.07 Å². The first kappa shape index (κ1) is 13.3. The van der Waals surface area contributed by atoms with Crippen molar-refractivity contribution in [1.82, 2.24) is 0 Å². The molecule has 0 fully saturated rings. The number of carboxylic acids is 1. The van der Waals surface area contributed by atoms with Crippen molar-refractivity contribution >= 4 is 23.3 Å². The van der Waals surface area contributed by atoms with Crippen molar-refractivity contribution in [2.24, 2.45) is 0 Å². The Hall–Kier alpha value is -1.73. The third-order valence-corrected chi connectivity index (χ3v) is 2.85. The first-order valence-electron chi connectivity index (χ1n) is 5.15. The molecular weight excluding hydrogens is 240 g/mol. The fraction of sp³-hybridized carbons (Fsp3) is 0.333. The smallest absolute Gasteiger partial charge is 0.305 e. The summed E-state index contributed by atoms with van der Waals surface area (Å²) in [5, 5.41) is 18.0. The summed E-state index contributed by atoms with van der Waals surface area (Å²) in [5.74, 6) is -0.882. The van der Waals surface area contributed by atoms with Gasteiger partial charge < -0.3 is 10.0 Å². The number of nitrogens with zero attached hydrogens (tertiary/aromatic N) is 2. The first-order valence-corrected chi connectivity index (χ1v) is 5.53. The molecule has 0 aromatic heterocycles. The number of halogens is 1. The molecule has 0 aliphatic rings. The molecule has 5 heteroatoms. The van der Waals surface area contributed by atoms with Gasteiger partial charge in [-0.3, -0.25) is 4.79 Å². The topological polar surface area (TPSA) is 64.3 Å². The van der Waals surface area contributed by atoms with E-state index in [0.717, 1.165) is 11.3 Å². The summed E-state index contributed by atoms with van der Waals surface area (Å²) in [6.07, 6.45) is -0.00632. The second kappa shape index (κ2) is 6.12. The summed E-state index contributed by atoms with van der Waals surface area (Å²) in [4.78, 5) is 12.3. The molecule has 0 amide bonds. The van der Waals surface area contributed by atoms with Gasteiger partial charge >= 0.3 is 5.97 Å². The van der Waals surface area contributed by atoms with Crippen molar-refractivity contribution in [2.75, 3.05) is 18.0 Å². The van der Waals surface area contributed by atoms with Crippen LogP contribution < -0.4 is 4.90 Å². The van der Waals surface area contributed by atoms with Crippen LogP contribution in [0.5, 0.6) is 0 Å². The zero-order chi connectivity index (χ0) is 12.8. The van der Waals surface area contributed by atoms with Gasteiger partial charge in [0.25, 0.3) is 0 Å². The van der Waals surface area contributed by atoms with E-state index in [2.05, 4.69) is 0 Å². The van der Waals surface area contributed by atoms with Gasteiger partial charge in [0.1, 0.15) is 6.54 Å². The van der Waals surface area contributed by atoms with Gasteiger partial charge in [-0.2, -0.15) is 5.26 Å².